The van der Waals surface area contributed by atoms with Crippen molar-refractivity contribution in [2.75, 3.05) is 0 Å². The maximum atomic E-state index is 5.97. The molecule has 2 N–H and O–H groups in total. The van der Waals surface area contributed by atoms with E-state index < -0.39 is 0 Å². The van der Waals surface area contributed by atoms with Gasteiger partial charge in [0.1, 0.15) is 12.4 Å². The van der Waals surface area contributed by atoms with Crippen LogP contribution in [0.25, 0.3) is 0 Å². The van der Waals surface area contributed by atoms with Gasteiger partial charge in [0, 0.05) is 19.6 Å². The monoisotopic (exact) mass is 431 g/mol. The second-order valence-electron chi connectivity index (χ2n) is 4.39. The van der Waals surface area contributed by atoms with E-state index in [0.29, 0.717) is 6.61 Å². The number of nitrogens with two attached hydrogens (primary N) is 1. The van der Waals surface area contributed by atoms with Crippen molar-refractivity contribution < 1.29 is 4.74 Å². The Morgan fingerprint density at radius 3 is 2.53 bits per heavy atom. The van der Waals surface area contributed by atoms with Gasteiger partial charge in [0.25, 0.3) is 0 Å². The van der Waals surface area contributed by atoms with E-state index in [1.165, 1.54) is 3.57 Å². The standard InChI is InChI=1S/C15H15BrINO/c1-10(18)14-8-12(16)4-7-15(14)19-9-11-2-5-13(17)6-3-11/h2-8,10H,9,18H2,1H3/t10-/m1/s1. The van der Waals surface area contributed by atoms with E-state index in [0.717, 1.165) is 21.3 Å². The third-order valence-electron chi connectivity index (χ3n) is 2.77. The van der Waals surface area contributed by atoms with E-state index in [1.54, 1.807) is 0 Å². The summed E-state index contributed by atoms with van der Waals surface area (Å²) in [5, 5.41) is 0. The number of hydrogen-bond donors (Lipinski definition) is 1. The Bertz CT molecular complexity index is 555. The Labute approximate surface area is 135 Å². The zero-order valence-electron chi connectivity index (χ0n) is 10.6. The van der Waals surface area contributed by atoms with E-state index in [4.69, 9.17) is 10.5 Å². The lowest BCUT2D eigenvalue weighted by molar-refractivity contribution is 0.301. The van der Waals surface area contributed by atoms with Crippen LogP contribution in [0.15, 0.2) is 46.9 Å². The second kappa shape index (κ2) is 6.72. The Morgan fingerprint density at radius 2 is 1.89 bits per heavy atom. The molecule has 0 spiro atoms. The van der Waals surface area contributed by atoms with Crippen molar-refractivity contribution >= 4 is 38.5 Å². The van der Waals surface area contributed by atoms with Crippen LogP contribution < -0.4 is 10.5 Å². The molecule has 0 unspecified atom stereocenters. The molecule has 0 saturated carbocycles. The summed E-state index contributed by atoms with van der Waals surface area (Å²) in [5.74, 6) is 0.844. The highest BCUT2D eigenvalue weighted by molar-refractivity contribution is 14.1. The van der Waals surface area contributed by atoms with Gasteiger partial charge in [-0.15, -0.1) is 0 Å². The number of hydrogen-bond acceptors (Lipinski definition) is 2. The van der Waals surface area contributed by atoms with Gasteiger partial charge in [0.2, 0.25) is 0 Å². The van der Waals surface area contributed by atoms with E-state index in [1.807, 2.05) is 25.1 Å². The first kappa shape index (κ1) is 14.8. The molecule has 2 aromatic rings. The lowest BCUT2D eigenvalue weighted by Gasteiger charge is -2.14. The van der Waals surface area contributed by atoms with Crippen LogP contribution in [-0.4, -0.2) is 0 Å². The van der Waals surface area contributed by atoms with Crippen LogP contribution in [0.2, 0.25) is 0 Å². The van der Waals surface area contributed by atoms with Gasteiger partial charge in [-0.25, -0.2) is 0 Å². The summed E-state index contributed by atoms with van der Waals surface area (Å²) in [6.07, 6.45) is 0. The fraction of sp³-hybridized carbons (Fsp3) is 0.200. The molecule has 0 bridgehead atoms. The van der Waals surface area contributed by atoms with Crippen molar-refractivity contribution in [3.05, 3.63) is 61.6 Å². The van der Waals surface area contributed by atoms with Crippen molar-refractivity contribution in [3.8, 4) is 5.75 Å². The first-order valence-electron chi connectivity index (χ1n) is 5.98. The first-order chi connectivity index (χ1) is 9.06. The highest BCUT2D eigenvalue weighted by atomic mass is 127. The maximum Gasteiger partial charge on any atom is 0.124 e. The van der Waals surface area contributed by atoms with Gasteiger partial charge >= 0.3 is 0 Å². The second-order valence-corrected chi connectivity index (χ2v) is 6.55. The molecule has 2 nitrogen and oxygen atoms in total. The molecule has 0 amide bonds. The van der Waals surface area contributed by atoms with Crippen LogP contribution >= 0.6 is 38.5 Å². The minimum Gasteiger partial charge on any atom is -0.489 e. The molecule has 0 aliphatic heterocycles. The average Bonchev–Trinajstić information content (AvgIpc) is 2.39. The topological polar surface area (TPSA) is 35.2 Å². The summed E-state index contributed by atoms with van der Waals surface area (Å²) in [5.41, 5.74) is 8.14. The third-order valence-corrected chi connectivity index (χ3v) is 3.98. The van der Waals surface area contributed by atoms with Crippen molar-refractivity contribution in [1.82, 2.24) is 0 Å². The molecule has 0 aliphatic rings. The average molecular weight is 432 g/mol. The molecule has 0 heterocycles. The van der Waals surface area contributed by atoms with Crippen molar-refractivity contribution in [2.24, 2.45) is 5.73 Å². The molecular formula is C15H15BrINO. The van der Waals surface area contributed by atoms with Crippen LogP contribution in [0.1, 0.15) is 24.1 Å². The molecular weight excluding hydrogens is 417 g/mol. The van der Waals surface area contributed by atoms with E-state index >= 15 is 0 Å². The lowest BCUT2D eigenvalue weighted by Crippen LogP contribution is -2.08. The number of benzene rings is 2. The number of ether oxygens (including phenoxy) is 1. The van der Waals surface area contributed by atoms with Crippen LogP contribution in [0.3, 0.4) is 0 Å². The Morgan fingerprint density at radius 1 is 1.21 bits per heavy atom. The van der Waals surface area contributed by atoms with Gasteiger partial charge in [-0.2, -0.15) is 0 Å². The molecule has 0 fully saturated rings. The predicted octanol–water partition coefficient (Wildman–Crippen LogP) is 4.65. The summed E-state index contributed by atoms with van der Waals surface area (Å²) < 4.78 is 8.11. The zero-order chi connectivity index (χ0) is 13.8. The quantitative estimate of drug-likeness (QED) is 0.715. The van der Waals surface area contributed by atoms with Gasteiger partial charge in [0.15, 0.2) is 0 Å². The SMILES string of the molecule is C[C@@H](N)c1cc(Br)ccc1OCc1ccc(I)cc1. The van der Waals surface area contributed by atoms with Crippen LogP contribution in [0, 0.1) is 3.57 Å². The van der Waals surface area contributed by atoms with E-state index in [-0.39, 0.29) is 6.04 Å². The van der Waals surface area contributed by atoms with Gasteiger partial charge in [-0.05, 0) is 65.4 Å². The number of halogens is 2. The molecule has 0 radical (unpaired) electrons. The molecule has 2 aromatic carbocycles. The summed E-state index contributed by atoms with van der Waals surface area (Å²) in [4.78, 5) is 0. The van der Waals surface area contributed by atoms with Gasteiger partial charge < -0.3 is 10.5 Å². The highest BCUT2D eigenvalue weighted by Gasteiger charge is 2.09. The van der Waals surface area contributed by atoms with Crippen molar-refractivity contribution in [2.45, 2.75) is 19.6 Å². The fourth-order valence-electron chi connectivity index (χ4n) is 1.75. The van der Waals surface area contributed by atoms with Crippen molar-refractivity contribution in [3.63, 3.8) is 0 Å². The Kier molecular flexibility index (Phi) is 5.24. The van der Waals surface area contributed by atoms with E-state index in [2.05, 4.69) is 62.8 Å². The predicted molar refractivity (Wildman–Crippen MR) is 90.2 cm³/mol. The fourth-order valence-corrected chi connectivity index (χ4v) is 2.49. The maximum absolute atomic E-state index is 5.97. The molecule has 100 valence electrons. The summed E-state index contributed by atoms with van der Waals surface area (Å²) in [6.45, 7) is 2.51. The Balaban J connectivity index is 2.13. The molecule has 0 saturated heterocycles. The zero-order valence-corrected chi connectivity index (χ0v) is 14.3. The van der Waals surface area contributed by atoms with E-state index in [9.17, 15) is 0 Å². The highest BCUT2D eigenvalue weighted by Crippen LogP contribution is 2.28. The Hall–Kier alpha value is -0.590. The molecule has 0 aromatic heterocycles. The minimum absolute atomic E-state index is 0.0516. The normalized spacial score (nSPS) is 12.2. The van der Waals surface area contributed by atoms with Gasteiger partial charge in [-0.3, -0.25) is 0 Å². The van der Waals surface area contributed by atoms with Crippen LogP contribution in [-0.2, 0) is 6.61 Å². The lowest BCUT2D eigenvalue weighted by atomic mass is 10.1. The largest absolute Gasteiger partial charge is 0.489 e. The molecule has 4 heteroatoms. The molecule has 19 heavy (non-hydrogen) atoms. The van der Waals surface area contributed by atoms with Crippen LogP contribution in [0.5, 0.6) is 5.75 Å². The van der Waals surface area contributed by atoms with Gasteiger partial charge in [0.05, 0.1) is 0 Å². The molecule has 1 atom stereocenters. The number of rotatable bonds is 4. The first-order valence-corrected chi connectivity index (χ1v) is 7.85. The minimum atomic E-state index is -0.0516. The third kappa shape index (κ3) is 4.19. The molecule has 2 rings (SSSR count). The molecule has 0 aliphatic carbocycles. The smallest absolute Gasteiger partial charge is 0.124 e. The summed E-state index contributed by atoms with van der Waals surface area (Å²) in [6, 6.07) is 14.2. The van der Waals surface area contributed by atoms with Gasteiger partial charge in [-0.1, -0.05) is 28.1 Å². The van der Waals surface area contributed by atoms with Crippen LogP contribution in [0.4, 0.5) is 0 Å². The van der Waals surface area contributed by atoms with Crippen molar-refractivity contribution in [1.29, 1.82) is 0 Å². The summed E-state index contributed by atoms with van der Waals surface area (Å²) in [7, 11) is 0. The summed E-state index contributed by atoms with van der Waals surface area (Å²) >= 11 is 5.75.